The summed E-state index contributed by atoms with van der Waals surface area (Å²) in [5.74, 6) is -1.17. The van der Waals surface area contributed by atoms with E-state index in [1.54, 1.807) is 16.8 Å². The van der Waals surface area contributed by atoms with Gasteiger partial charge in [-0.15, -0.1) is 0 Å². The van der Waals surface area contributed by atoms with Crippen molar-refractivity contribution in [3.8, 4) is 6.01 Å². The number of anilines is 1. The fraction of sp³-hybridized carbons (Fsp3) is 0.591. The Morgan fingerprint density at radius 3 is 2.44 bits per heavy atom. The number of alkyl halides is 4. The van der Waals surface area contributed by atoms with E-state index in [0.29, 0.717) is 12.8 Å². The maximum absolute atomic E-state index is 15.2. The van der Waals surface area contributed by atoms with Crippen LogP contribution >= 0.6 is 15.9 Å². The Morgan fingerprint density at radius 2 is 1.89 bits per heavy atom. The zero-order chi connectivity index (χ0) is 25.9. The summed E-state index contributed by atoms with van der Waals surface area (Å²) in [6, 6.07) is -0.446. The molecule has 1 aromatic heterocycles. The second-order valence-electron chi connectivity index (χ2n) is 9.49. The molecule has 196 valence electrons. The first-order valence-electron chi connectivity index (χ1n) is 11.4. The number of fused-ring (bicyclic) bond motifs is 3. The highest BCUT2D eigenvalue weighted by molar-refractivity contribution is 9.10. The molecule has 5 rings (SSSR count). The number of benzene rings is 1. The van der Waals surface area contributed by atoms with Crippen LogP contribution in [0.3, 0.4) is 0 Å². The van der Waals surface area contributed by atoms with Gasteiger partial charge >= 0.3 is 18.3 Å². The van der Waals surface area contributed by atoms with Crippen LogP contribution in [0.15, 0.2) is 10.5 Å². The molecule has 0 aliphatic carbocycles. The van der Waals surface area contributed by atoms with Crippen LogP contribution in [0, 0.1) is 5.82 Å². The Hall–Kier alpha value is -2.48. The number of aromatic nitrogens is 2. The minimum Gasteiger partial charge on any atom is -0.465 e. The molecule has 1 aromatic carbocycles. The fourth-order valence-electron chi connectivity index (χ4n) is 5.45. The van der Waals surface area contributed by atoms with Crippen molar-refractivity contribution in [3.63, 3.8) is 0 Å². The van der Waals surface area contributed by atoms with Crippen molar-refractivity contribution in [2.45, 2.75) is 49.7 Å². The molecule has 4 atom stereocenters. The van der Waals surface area contributed by atoms with Gasteiger partial charge < -0.3 is 14.7 Å². The van der Waals surface area contributed by atoms with E-state index in [-0.39, 0.29) is 73.5 Å². The van der Waals surface area contributed by atoms with E-state index in [9.17, 15) is 27.5 Å². The third-order valence-corrected chi connectivity index (χ3v) is 7.96. The Morgan fingerprint density at radius 1 is 1.22 bits per heavy atom. The van der Waals surface area contributed by atoms with Crippen LogP contribution in [0.4, 0.5) is 32.6 Å². The van der Waals surface area contributed by atoms with Crippen LogP contribution < -0.4 is 9.64 Å². The van der Waals surface area contributed by atoms with Gasteiger partial charge in [-0.1, -0.05) is 0 Å². The number of carboxylic acid groups (broad SMARTS) is 1. The average molecular weight is 580 g/mol. The summed E-state index contributed by atoms with van der Waals surface area (Å²) in [5.41, 5.74) is -1.56. The number of rotatable bonds is 4. The van der Waals surface area contributed by atoms with Crippen molar-refractivity contribution in [2.75, 3.05) is 38.2 Å². The van der Waals surface area contributed by atoms with E-state index in [2.05, 4.69) is 25.9 Å². The number of amides is 1. The molecule has 2 aromatic rings. The van der Waals surface area contributed by atoms with Gasteiger partial charge in [0.05, 0.1) is 22.1 Å². The summed E-state index contributed by atoms with van der Waals surface area (Å²) in [7, 11) is 1.74. The Labute approximate surface area is 211 Å². The zero-order valence-electron chi connectivity index (χ0n) is 19.1. The van der Waals surface area contributed by atoms with Crippen molar-refractivity contribution in [1.29, 1.82) is 0 Å². The van der Waals surface area contributed by atoms with E-state index in [4.69, 9.17) is 4.74 Å². The molecule has 3 aliphatic rings. The van der Waals surface area contributed by atoms with Crippen LogP contribution in [0.2, 0.25) is 0 Å². The van der Waals surface area contributed by atoms with E-state index in [1.807, 2.05) is 0 Å². The summed E-state index contributed by atoms with van der Waals surface area (Å²) in [4.78, 5) is 24.9. The molecule has 0 saturated carbocycles. The van der Waals surface area contributed by atoms with Crippen molar-refractivity contribution < 1.29 is 36.6 Å². The Bertz CT molecular complexity index is 1190. The number of hydrogen-bond acceptors (Lipinski definition) is 6. The number of halogens is 6. The summed E-state index contributed by atoms with van der Waals surface area (Å²) in [5, 5.41) is 9.40. The number of likely N-dealkylation sites (tertiary alicyclic amines) is 1. The molecular formula is C22H23BrF5N5O3. The highest BCUT2D eigenvalue weighted by atomic mass is 79.9. The SMILES string of the molecule is CN1C[C@H](F)C[C@H]1COc1nc(N2CC3CCC(C2)N3C(=O)O)c2cc(C(F)(F)F)c(Br)c(F)c2n1. The van der Waals surface area contributed by atoms with Gasteiger partial charge in [0.2, 0.25) is 0 Å². The van der Waals surface area contributed by atoms with E-state index < -0.39 is 34.3 Å². The lowest BCUT2D eigenvalue weighted by Gasteiger charge is -2.40. The van der Waals surface area contributed by atoms with Gasteiger partial charge in [-0.3, -0.25) is 9.80 Å². The molecule has 1 N–H and O–H groups in total. The van der Waals surface area contributed by atoms with Crippen molar-refractivity contribution in [2.24, 2.45) is 0 Å². The molecule has 2 bridgehead atoms. The topological polar surface area (TPSA) is 82.0 Å². The number of nitrogens with zero attached hydrogens (tertiary/aromatic N) is 5. The first-order chi connectivity index (χ1) is 16.9. The monoisotopic (exact) mass is 579 g/mol. The molecule has 3 saturated heterocycles. The molecule has 14 heteroatoms. The van der Waals surface area contributed by atoms with Gasteiger partial charge in [0.1, 0.15) is 24.1 Å². The summed E-state index contributed by atoms with van der Waals surface area (Å²) < 4.78 is 74.9. The number of piperazine rings is 1. The van der Waals surface area contributed by atoms with Crippen LogP contribution in [-0.2, 0) is 6.18 Å². The third kappa shape index (κ3) is 4.42. The molecule has 4 heterocycles. The van der Waals surface area contributed by atoms with Crippen molar-refractivity contribution >= 4 is 38.7 Å². The number of ether oxygens (including phenoxy) is 1. The Balaban J connectivity index is 1.56. The third-order valence-electron chi connectivity index (χ3n) is 7.18. The second kappa shape index (κ2) is 9.12. The molecule has 2 unspecified atom stereocenters. The first kappa shape index (κ1) is 25.2. The van der Waals surface area contributed by atoms with Gasteiger partial charge in [-0.05, 0) is 48.3 Å². The van der Waals surface area contributed by atoms with Crippen LogP contribution in [0.1, 0.15) is 24.8 Å². The van der Waals surface area contributed by atoms with Crippen molar-refractivity contribution in [1.82, 2.24) is 19.8 Å². The van der Waals surface area contributed by atoms with Crippen LogP contribution in [-0.4, -0.2) is 88.6 Å². The largest absolute Gasteiger partial charge is 0.465 e. The van der Waals surface area contributed by atoms with Gasteiger partial charge in [0.25, 0.3) is 0 Å². The standard InChI is InChI=1S/C22H23BrF5N5O3/c1-31-6-10(24)4-13(31)9-36-20-29-18-14(5-15(22(26,27)28)16(23)17(18)25)19(30-20)32-7-11-2-3-12(8-32)33(11)21(34)35/h5,10-13H,2-4,6-9H2,1H3,(H,34,35)/t10-,11?,12?,13+/m1/s1. The normalized spacial score (nSPS) is 26.8. The van der Waals surface area contributed by atoms with E-state index >= 15 is 4.39 Å². The van der Waals surface area contributed by atoms with Gasteiger partial charge in [0.15, 0.2) is 5.82 Å². The molecule has 8 nitrogen and oxygen atoms in total. The lowest BCUT2D eigenvalue weighted by molar-refractivity contribution is -0.138. The van der Waals surface area contributed by atoms with Crippen molar-refractivity contribution in [3.05, 3.63) is 21.9 Å². The molecule has 1 amide bonds. The predicted molar refractivity (Wildman–Crippen MR) is 123 cm³/mol. The maximum atomic E-state index is 15.2. The first-order valence-corrected chi connectivity index (χ1v) is 12.2. The highest BCUT2D eigenvalue weighted by Crippen LogP contribution is 2.42. The molecular weight excluding hydrogens is 557 g/mol. The second-order valence-corrected chi connectivity index (χ2v) is 10.3. The van der Waals surface area contributed by atoms with E-state index in [1.165, 1.54) is 4.90 Å². The summed E-state index contributed by atoms with van der Waals surface area (Å²) in [6.07, 6.45) is -5.45. The molecule has 0 radical (unpaired) electrons. The minimum atomic E-state index is -4.84. The summed E-state index contributed by atoms with van der Waals surface area (Å²) in [6.45, 7) is 0.629. The number of hydrogen-bond donors (Lipinski definition) is 1. The lowest BCUT2D eigenvalue weighted by Crippen LogP contribution is -2.55. The van der Waals surface area contributed by atoms with E-state index in [0.717, 1.165) is 6.07 Å². The van der Waals surface area contributed by atoms with Gasteiger partial charge in [-0.2, -0.15) is 23.1 Å². The maximum Gasteiger partial charge on any atom is 0.417 e. The van der Waals surface area contributed by atoms with Crippen LogP contribution in [0.5, 0.6) is 6.01 Å². The minimum absolute atomic E-state index is 0.0172. The number of likely N-dealkylation sites (N-methyl/N-ethyl adjacent to an activating group) is 1. The quantitative estimate of drug-likeness (QED) is 0.541. The highest BCUT2D eigenvalue weighted by Gasteiger charge is 2.44. The molecule has 0 spiro atoms. The number of carbonyl (C=O) groups is 1. The zero-order valence-corrected chi connectivity index (χ0v) is 20.7. The fourth-order valence-corrected chi connectivity index (χ4v) is 5.97. The molecule has 3 aliphatic heterocycles. The van der Waals surface area contributed by atoms with Crippen LogP contribution in [0.25, 0.3) is 10.9 Å². The summed E-state index contributed by atoms with van der Waals surface area (Å²) >= 11 is 2.71. The Kier molecular flexibility index (Phi) is 6.38. The molecule has 36 heavy (non-hydrogen) atoms. The van der Waals surface area contributed by atoms with Gasteiger partial charge in [0, 0.05) is 31.1 Å². The average Bonchev–Trinajstić information content (AvgIpc) is 3.27. The lowest BCUT2D eigenvalue weighted by atomic mass is 10.1. The molecule has 3 fully saturated rings. The van der Waals surface area contributed by atoms with Gasteiger partial charge in [-0.25, -0.2) is 13.6 Å². The smallest absolute Gasteiger partial charge is 0.417 e. The predicted octanol–water partition coefficient (Wildman–Crippen LogP) is 4.30.